The van der Waals surface area contributed by atoms with E-state index in [4.69, 9.17) is 10.2 Å². The second-order valence-corrected chi connectivity index (χ2v) is 11.8. The minimum Gasteiger partial charge on any atom is -0.412 e. The van der Waals surface area contributed by atoms with Crippen LogP contribution in [-0.4, -0.2) is 32.2 Å². The van der Waals surface area contributed by atoms with Crippen LogP contribution >= 0.6 is 0 Å². The molecule has 0 spiro atoms. The molecule has 1 saturated carbocycles. The van der Waals surface area contributed by atoms with E-state index in [0.717, 1.165) is 6.42 Å². The van der Waals surface area contributed by atoms with E-state index in [2.05, 4.69) is 40.8 Å². The van der Waals surface area contributed by atoms with Gasteiger partial charge in [-0.2, -0.15) is 0 Å². The Bertz CT molecular complexity index is 263. The van der Waals surface area contributed by atoms with Gasteiger partial charge in [0.25, 0.3) is 0 Å². The Hall–Kier alpha value is 0.0969. The largest absolute Gasteiger partial charge is 0.412 e. The van der Waals surface area contributed by atoms with Gasteiger partial charge in [0, 0.05) is 12.6 Å². The van der Waals surface area contributed by atoms with Crippen LogP contribution in [0.15, 0.2) is 0 Å². The van der Waals surface area contributed by atoms with Crippen molar-refractivity contribution in [1.82, 2.24) is 0 Å². The van der Waals surface area contributed by atoms with Crippen LogP contribution in [0.1, 0.15) is 34.1 Å². The smallest absolute Gasteiger partial charge is 0.192 e. The van der Waals surface area contributed by atoms with Crippen molar-refractivity contribution in [3.63, 3.8) is 0 Å². The first-order chi connectivity index (χ1) is 7.60. The van der Waals surface area contributed by atoms with Gasteiger partial charge in [0.05, 0.1) is 6.10 Å². The third-order valence-corrected chi connectivity index (χ3v) is 9.10. The molecule has 0 amide bonds. The molecule has 1 fully saturated rings. The van der Waals surface area contributed by atoms with Gasteiger partial charge in [-0.05, 0) is 36.4 Å². The zero-order valence-corrected chi connectivity index (χ0v) is 13.2. The standard InChI is InChI=1S/C13H29NO2Si/c1-9-7-10(8-15)11(14)12(9)16-17(5,6)13(2,3)4/h9-12,15H,7-8,14H2,1-6H3/t9-,10-,11?,12-/m1/s1. The first kappa shape index (κ1) is 15.2. The number of aliphatic hydroxyl groups is 1. The molecule has 0 saturated heterocycles. The van der Waals surface area contributed by atoms with Crippen molar-refractivity contribution in [2.75, 3.05) is 6.61 Å². The first-order valence-corrected chi connectivity index (χ1v) is 9.55. The number of hydrogen-bond acceptors (Lipinski definition) is 3. The Kier molecular flexibility index (Phi) is 4.45. The summed E-state index contributed by atoms with van der Waals surface area (Å²) in [5, 5.41) is 9.52. The van der Waals surface area contributed by atoms with Crippen molar-refractivity contribution in [1.29, 1.82) is 0 Å². The molecule has 4 atom stereocenters. The minimum atomic E-state index is -1.76. The van der Waals surface area contributed by atoms with Crippen LogP contribution in [-0.2, 0) is 4.43 Å². The molecule has 0 bridgehead atoms. The van der Waals surface area contributed by atoms with Crippen LogP contribution in [0.25, 0.3) is 0 Å². The summed E-state index contributed by atoms with van der Waals surface area (Å²) in [5.74, 6) is 0.663. The van der Waals surface area contributed by atoms with Gasteiger partial charge < -0.3 is 15.3 Å². The molecule has 4 heteroatoms. The molecule has 0 radical (unpaired) electrons. The summed E-state index contributed by atoms with van der Waals surface area (Å²) in [4.78, 5) is 0. The Morgan fingerprint density at radius 2 is 1.88 bits per heavy atom. The van der Waals surface area contributed by atoms with Gasteiger partial charge in [0.15, 0.2) is 8.32 Å². The molecular formula is C13H29NO2Si. The Labute approximate surface area is 107 Å². The van der Waals surface area contributed by atoms with E-state index >= 15 is 0 Å². The molecule has 1 aliphatic rings. The quantitative estimate of drug-likeness (QED) is 0.765. The molecule has 0 aromatic rings. The highest BCUT2D eigenvalue weighted by Gasteiger charge is 2.46. The normalized spacial score (nSPS) is 35.3. The molecule has 1 rings (SSSR count). The summed E-state index contributed by atoms with van der Waals surface area (Å²) in [6.45, 7) is 13.6. The molecule has 0 heterocycles. The van der Waals surface area contributed by atoms with E-state index < -0.39 is 8.32 Å². The van der Waals surface area contributed by atoms with Gasteiger partial charge >= 0.3 is 0 Å². The molecule has 0 aromatic heterocycles. The minimum absolute atomic E-state index is 0.0101. The molecule has 1 aliphatic carbocycles. The maximum absolute atomic E-state index is 9.31. The lowest BCUT2D eigenvalue weighted by Crippen LogP contribution is -2.50. The molecule has 17 heavy (non-hydrogen) atoms. The van der Waals surface area contributed by atoms with Crippen molar-refractivity contribution in [2.24, 2.45) is 17.6 Å². The summed E-state index contributed by atoms with van der Waals surface area (Å²) < 4.78 is 6.42. The van der Waals surface area contributed by atoms with Crippen LogP contribution in [0.4, 0.5) is 0 Å². The fourth-order valence-corrected chi connectivity index (χ4v) is 3.75. The summed E-state index contributed by atoms with van der Waals surface area (Å²) in [5.41, 5.74) is 6.21. The van der Waals surface area contributed by atoms with E-state index in [0.29, 0.717) is 5.92 Å². The third-order valence-electron chi connectivity index (χ3n) is 4.63. The Balaban J connectivity index is 2.75. The highest BCUT2D eigenvalue weighted by atomic mass is 28.4. The van der Waals surface area contributed by atoms with E-state index in [9.17, 15) is 5.11 Å². The monoisotopic (exact) mass is 259 g/mol. The predicted molar refractivity (Wildman–Crippen MR) is 74.4 cm³/mol. The molecule has 0 aromatic carbocycles. The molecule has 102 valence electrons. The van der Waals surface area contributed by atoms with Crippen molar-refractivity contribution < 1.29 is 9.53 Å². The number of rotatable bonds is 3. The molecule has 0 aliphatic heterocycles. The summed E-state index contributed by atoms with van der Waals surface area (Å²) in [6.07, 6.45) is 1.10. The SMILES string of the molecule is C[C@@H]1C[C@H](CO)C(N)[C@@H]1O[Si](C)(C)C(C)(C)C. The maximum atomic E-state index is 9.31. The van der Waals surface area contributed by atoms with E-state index in [1.165, 1.54) is 0 Å². The van der Waals surface area contributed by atoms with Crippen LogP contribution in [0.3, 0.4) is 0 Å². The molecule has 3 nitrogen and oxygen atoms in total. The average molecular weight is 259 g/mol. The summed E-state index contributed by atoms with van der Waals surface area (Å²) in [7, 11) is -1.76. The van der Waals surface area contributed by atoms with Crippen molar-refractivity contribution in [3.8, 4) is 0 Å². The number of aliphatic hydroxyl groups excluding tert-OH is 1. The third kappa shape index (κ3) is 3.11. The van der Waals surface area contributed by atoms with Crippen molar-refractivity contribution in [2.45, 2.75) is 64.4 Å². The fourth-order valence-electron chi connectivity index (χ4n) is 2.32. The first-order valence-electron chi connectivity index (χ1n) is 6.64. The lowest BCUT2D eigenvalue weighted by atomic mass is 10.1. The second kappa shape index (κ2) is 5.00. The van der Waals surface area contributed by atoms with Gasteiger partial charge in [0.2, 0.25) is 0 Å². The second-order valence-electron chi connectivity index (χ2n) is 7.08. The van der Waals surface area contributed by atoms with Crippen LogP contribution in [0.5, 0.6) is 0 Å². The Morgan fingerprint density at radius 1 is 1.35 bits per heavy atom. The highest BCUT2D eigenvalue weighted by molar-refractivity contribution is 6.74. The van der Waals surface area contributed by atoms with E-state index in [-0.39, 0.29) is 29.7 Å². The van der Waals surface area contributed by atoms with Crippen LogP contribution in [0, 0.1) is 11.8 Å². The van der Waals surface area contributed by atoms with Gasteiger partial charge in [-0.15, -0.1) is 0 Å². The number of hydrogen-bond donors (Lipinski definition) is 2. The fraction of sp³-hybridized carbons (Fsp3) is 1.00. The van der Waals surface area contributed by atoms with Crippen LogP contribution < -0.4 is 5.73 Å². The lowest BCUT2D eigenvalue weighted by molar-refractivity contribution is 0.123. The van der Waals surface area contributed by atoms with Gasteiger partial charge in [-0.3, -0.25) is 0 Å². The average Bonchev–Trinajstić information content (AvgIpc) is 2.43. The van der Waals surface area contributed by atoms with Gasteiger partial charge in [-0.25, -0.2) is 0 Å². The zero-order valence-electron chi connectivity index (χ0n) is 12.2. The maximum Gasteiger partial charge on any atom is 0.192 e. The zero-order chi connectivity index (χ0) is 13.4. The molecule has 3 N–H and O–H groups in total. The van der Waals surface area contributed by atoms with Gasteiger partial charge in [-0.1, -0.05) is 27.7 Å². The Morgan fingerprint density at radius 3 is 2.24 bits per heavy atom. The predicted octanol–water partition coefficient (Wildman–Crippen LogP) is 2.35. The highest BCUT2D eigenvalue weighted by Crippen LogP contribution is 2.41. The van der Waals surface area contributed by atoms with Crippen molar-refractivity contribution >= 4 is 8.32 Å². The molecule has 1 unspecified atom stereocenters. The van der Waals surface area contributed by atoms with Gasteiger partial charge in [0.1, 0.15) is 0 Å². The lowest BCUT2D eigenvalue weighted by Gasteiger charge is -2.40. The summed E-state index contributed by atoms with van der Waals surface area (Å²) >= 11 is 0. The number of nitrogens with two attached hydrogens (primary N) is 1. The molecular weight excluding hydrogens is 230 g/mol. The summed E-state index contributed by atoms with van der Waals surface area (Å²) in [6, 6.07) is -0.0101. The van der Waals surface area contributed by atoms with Crippen LogP contribution in [0.2, 0.25) is 18.1 Å². The van der Waals surface area contributed by atoms with Crippen molar-refractivity contribution in [3.05, 3.63) is 0 Å². The topological polar surface area (TPSA) is 55.5 Å². The van der Waals surface area contributed by atoms with E-state index in [1.807, 2.05) is 0 Å². The van der Waals surface area contributed by atoms with E-state index in [1.54, 1.807) is 0 Å².